The van der Waals surface area contributed by atoms with Gasteiger partial charge in [0.2, 0.25) is 5.91 Å². The highest BCUT2D eigenvalue weighted by Gasteiger charge is 2.41. The number of carbonyl (C=O) groups excluding carboxylic acids is 2. The first-order valence-electron chi connectivity index (χ1n) is 8.93. The number of nitrogens with zero attached hydrogens (tertiary/aromatic N) is 3. The Morgan fingerprint density at radius 2 is 1.84 bits per heavy atom. The molecule has 0 radical (unpaired) electrons. The van der Waals surface area contributed by atoms with Gasteiger partial charge in [-0.25, -0.2) is 0 Å². The third kappa shape index (κ3) is 3.81. The molecule has 0 bridgehead atoms. The summed E-state index contributed by atoms with van der Waals surface area (Å²) < 4.78 is 1.85. The second kappa shape index (κ2) is 7.64. The van der Waals surface area contributed by atoms with Crippen molar-refractivity contribution in [2.24, 2.45) is 0 Å². The highest BCUT2D eigenvalue weighted by atomic mass is 16.2. The predicted octanol–water partition coefficient (Wildman–Crippen LogP) is 2.81. The molecular formula is C20H25N3O2. The van der Waals surface area contributed by atoms with E-state index in [1.165, 1.54) is 0 Å². The maximum Gasteiger partial charge on any atom is 0.222 e. The molecule has 1 fully saturated rings. The molecule has 1 aromatic heterocycles. The van der Waals surface area contributed by atoms with Gasteiger partial charge in [-0.15, -0.1) is 0 Å². The summed E-state index contributed by atoms with van der Waals surface area (Å²) in [5.41, 5.74) is 0.640. The van der Waals surface area contributed by atoms with E-state index in [2.05, 4.69) is 5.10 Å². The highest BCUT2D eigenvalue weighted by Crippen LogP contribution is 2.36. The molecule has 0 atom stereocenters. The molecule has 0 unspecified atom stereocenters. The molecule has 3 rings (SSSR count). The summed E-state index contributed by atoms with van der Waals surface area (Å²) in [6, 6.07) is 11.9. The van der Waals surface area contributed by atoms with Crippen molar-refractivity contribution in [2.45, 2.75) is 44.6 Å². The molecular weight excluding hydrogens is 314 g/mol. The van der Waals surface area contributed by atoms with Crippen molar-refractivity contribution in [3.8, 4) is 0 Å². The molecule has 25 heavy (non-hydrogen) atoms. The number of benzene rings is 1. The zero-order valence-electron chi connectivity index (χ0n) is 14.7. The van der Waals surface area contributed by atoms with Gasteiger partial charge >= 0.3 is 0 Å². The summed E-state index contributed by atoms with van der Waals surface area (Å²) in [4.78, 5) is 26.8. The van der Waals surface area contributed by atoms with E-state index in [1.54, 1.807) is 13.1 Å². The number of rotatable bonds is 6. The Bertz CT molecular complexity index is 702. The Balaban J connectivity index is 1.56. The molecule has 5 heteroatoms. The SMILES string of the molecule is CC(=O)C1(c2ccccc2)CCN(C(=O)CCCn2cccn2)CC1. The van der Waals surface area contributed by atoms with Crippen LogP contribution in [0, 0.1) is 0 Å². The van der Waals surface area contributed by atoms with E-state index in [0.717, 1.165) is 18.5 Å². The Kier molecular flexibility index (Phi) is 5.31. The number of hydrogen-bond donors (Lipinski definition) is 0. The molecule has 1 aliphatic rings. The first-order valence-corrected chi connectivity index (χ1v) is 8.93. The van der Waals surface area contributed by atoms with Crippen molar-refractivity contribution in [3.63, 3.8) is 0 Å². The van der Waals surface area contributed by atoms with Crippen LogP contribution in [0.1, 0.15) is 38.2 Å². The van der Waals surface area contributed by atoms with E-state index in [9.17, 15) is 9.59 Å². The minimum absolute atomic E-state index is 0.178. The van der Waals surface area contributed by atoms with Crippen LogP contribution in [0.15, 0.2) is 48.8 Å². The fourth-order valence-corrected chi connectivity index (χ4v) is 3.72. The van der Waals surface area contributed by atoms with Crippen LogP contribution in [-0.2, 0) is 21.5 Å². The van der Waals surface area contributed by atoms with Crippen molar-refractivity contribution in [1.29, 1.82) is 0 Å². The van der Waals surface area contributed by atoms with Crippen LogP contribution in [0.3, 0.4) is 0 Å². The molecule has 1 amide bonds. The van der Waals surface area contributed by atoms with Gasteiger partial charge in [-0.05, 0) is 37.8 Å². The van der Waals surface area contributed by atoms with Gasteiger partial charge in [-0.1, -0.05) is 30.3 Å². The quantitative estimate of drug-likeness (QED) is 0.813. The van der Waals surface area contributed by atoms with Crippen LogP contribution in [0.2, 0.25) is 0 Å². The van der Waals surface area contributed by atoms with Gasteiger partial charge in [0.1, 0.15) is 5.78 Å². The van der Waals surface area contributed by atoms with Gasteiger partial charge in [0.15, 0.2) is 0 Å². The molecule has 0 N–H and O–H groups in total. The molecule has 0 saturated carbocycles. The lowest BCUT2D eigenvalue weighted by Gasteiger charge is -2.40. The number of aromatic nitrogens is 2. The van der Waals surface area contributed by atoms with Crippen LogP contribution < -0.4 is 0 Å². The Morgan fingerprint density at radius 3 is 2.44 bits per heavy atom. The number of carbonyl (C=O) groups is 2. The molecule has 2 aromatic rings. The number of aryl methyl sites for hydroxylation is 1. The van der Waals surface area contributed by atoms with Gasteiger partial charge in [0.25, 0.3) is 0 Å². The number of hydrogen-bond acceptors (Lipinski definition) is 3. The molecule has 2 heterocycles. The molecule has 0 aliphatic carbocycles. The lowest BCUT2D eigenvalue weighted by atomic mass is 9.70. The molecule has 1 aromatic carbocycles. The van der Waals surface area contributed by atoms with Gasteiger partial charge in [0.05, 0.1) is 5.41 Å². The van der Waals surface area contributed by atoms with Crippen molar-refractivity contribution >= 4 is 11.7 Å². The maximum atomic E-state index is 12.5. The fourth-order valence-electron chi connectivity index (χ4n) is 3.72. The third-order valence-corrected chi connectivity index (χ3v) is 5.31. The van der Waals surface area contributed by atoms with E-state index >= 15 is 0 Å². The standard InChI is InChI=1S/C20H25N3O2/c1-17(24)20(18-7-3-2-4-8-18)10-15-22(16-11-20)19(25)9-5-13-23-14-6-12-21-23/h2-4,6-8,12,14H,5,9-11,13,15-16H2,1H3. The van der Waals surface area contributed by atoms with Crippen molar-refractivity contribution in [3.05, 3.63) is 54.4 Å². The van der Waals surface area contributed by atoms with E-state index in [4.69, 9.17) is 0 Å². The van der Waals surface area contributed by atoms with Crippen molar-refractivity contribution in [1.82, 2.24) is 14.7 Å². The average molecular weight is 339 g/mol. The smallest absolute Gasteiger partial charge is 0.222 e. The number of ketones is 1. The summed E-state index contributed by atoms with van der Waals surface area (Å²) >= 11 is 0. The largest absolute Gasteiger partial charge is 0.343 e. The topological polar surface area (TPSA) is 55.2 Å². The predicted molar refractivity (Wildman–Crippen MR) is 96.1 cm³/mol. The molecule has 0 spiro atoms. The number of likely N-dealkylation sites (tertiary alicyclic amines) is 1. The molecule has 1 saturated heterocycles. The summed E-state index contributed by atoms with van der Waals surface area (Å²) in [6.45, 7) is 3.73. The monoisotopic (exact) mass is 339 g/mol. The Labute approximate surface area is 148 Å². The first kappa shape index (κ1) is 17.4. The average Bonchev–Trinajstić information content (AvgIpc) is 3.15. The third-order valence-electron chi connectivity index (χ3n) is 5.31. The summed E-state index contributed by atoms with van der Waals surface area (Å²) in [5, 5.41) is 4.15. The lowest BCUT2D eigenvalue weighted by Crippen LogP contribution is -2.48. The molecule has 5 nitrogen and oxygen atoms in total. The van der Waals surface area contributed by atoms with E-state index < -0.39 is 5.41 Å². The Morgan fingerprint density at radius 1 is 1.12 bits per heavy atom. The molecule has 1 aliphatic heterocycles. The normalized spacial score (nSPS) is 16.6. The zero-order valence-corrected chi connectivity index (χ0v) is 14.7. The maximum absolute atomic E-state index is 12.5. The second-order valence-corrected chi connectivity index (χ2v) is 6.76. The van der Waals surface area contributed by atoms with Crippen molar-refractivity contribution in [2.75, 3.05) is 13.1 Å². The minimum Gasteiger partial charge on any atom is -0.343 e. The van der Waals surface area contributed by atoms with Gasteiger partial charge < -0.3 is 4.90 Å². The highest BCUT2D eigenvalue weighted by molar-refractivity contribution is 5.88. The zero-order chi connectivity index (χ0) is 17.7. The van der Waals surface area contributed by atoms with E-state index in [0.29, 0.717) is 32.4 Å². The summed E-state index contributed by atoms with van der Waals surface area (Å²) in [5.74, 6) is 0.377. The van der Waals surface area contributed by atoms with Gasteiger partial charge in [-0.2, -0.15) is 5.10 Å². The number of piperidine rings is 1. The van der Waals surface area contributed by atoms with Gasteiger partial charge in [-0.3, -0.25) is 14.3 Å². The fraction of sp³-hybridized carbons (Fsp3) is 0.450. The molecule has 132 valence electrons. The van der Waals surface area contributed by atoms with Crippen LogP contribution in [-0.4, -0.2) is 39.5 Å². The van der Waals surface area contributed by atoms with E-state index in [1.807, 2.05) is 52.2 Å². The summed E-state index contributed by atoms with van der Waals surface area (Å²) in [7, 11) is 0. The lowest BCUT2D eigenvalue weighted by molar-refractivity contribution is -0.135. The number of amides is 1. The van der Waals surface area contributed by atoms with Crippen LogP contribution in [0.5, 0.6) is 0 Å². The second-order valence-electron chi connectivity index (χ2n) is 6.76. The Hall–Kier alpha value is -2.43. The van der Waals surface area contributed by atoms with Crippen LogP contribution in [0.4, 0.5) is 0 Å². The van der Waals surface area contributed by atoms with E-state index in [-0.39, 0.29) is 11.7 Å². The van der Waals surface area contributed by atoms with Crippen LogP contribution in [0.25, 0.3) is 0 Å². The minimum atomic E-state index is -0.437. The number of Topliss-reactive ketones (excluding diaryl/α,β-unsaturated/α-hetero) is 1. The first-order chi connectivity index (χ1) is 12.1. The summed E-state index contributed by atoms with van der Waals surface area (Å²) in [6.07, 6.45) is 6.38. The van der Waals surface area contributed by atoms with Gasteiger partial charge in [0, 0.05) is 38.4 Å². The van der Waals surface area contributed by atoms with Crippen molar-refractivity contribution < 1.29 is 9.59 Å². The van der Waals surface area contributed by atoms with Crippen LogP contribution >= 0.6 is 0 Å².